The molecule has 88 valence electrons. The highest BCUT2D eigenvalue weighted by atomic mass is 15.0. The molecule has 2 heteroatoms. The molecule has 0 radical (unpaired) electrons. The number of hydrogen-bond donors (Lipinski definition) is 0. The van der Waals surface area contributed by atoms with Crippen LogP contribution in [0.3, 0.4) is 0 Å². The molecule has 0 unspecified atom stereocenters. The summed E-state index contributed by atoms with van der Waals surface area (Å²) in [6.45, 7) is 3.77. The van der Waals surface area contributed by atoms with Crippen LogP contribution in [0, 0.1) is 0 Å². The molecule has 3 rings (SSSR count). The molecule has 18 heavy (non-hydrogen) atoms. The Balaban J connectivity index is 2.22. The van der Waals surface area contributed by atoms with Gasteiger partial charge in [-0.3, -0.25) is 0 Å². The van der Waals surface area contributed by atoms with E-state index in [1.165, 1.54) is 11.1 Å². The van der Waals surface area contributed by atoms with Gasteiger partial charge in [-0.05, 0) is 11.6 Å². The Morgan fingerprint density at radius 2 is 1.94 bits per heavy atom. The summed E-state index contributed by atoms with van der Waals surface area (Å²) >= 11 is 0. The minimum absolute atomic E-state index is 0.784. The summed E-state index contributed by atoms with van der Waals surface area (Å²) in [5.41, 5.74) is 3.56. The monoisotopic (exact) mass is 234 g/mol. The Morgan fingerprint density at radius 3 is 2.72 bits per heavy atom. The van der Waals surface area contributed by atoms with E-state index in [1.807, 2.05) is 24.5 Å². The van der Waals surface area contributed by atoms with E-state index < -0.39 is 0 Å². The minimum atomic E-state index is 0.784. The number of nitrogens with zero attached hydrogens (tertiary/aromatic N) is 2. The summed E-state index contributed by atoms with van der Waals surface area (Å²) in [7, 11) is 0. The van der Waals surface area contributed by atoms with Crippen molar-refractivity contribution in [2.45, 2.75) is 6.42 Å². The molecule has 0 saturated carbocycles. The topological polar surface area (TPSA) is 17.3 Å². The molecule has 0 N–H and O–H groups in total. The van der Waals surface area contributed by atoms with Crippen LogP contribution in [0.15, 0.2) is 67.5 Å². The summed E-state index contributed by atoms with van der Waals surface area (Å²) < 4.78 is 2.13. The summed E-state index contributed by atoms with van der Waals surface area (Å²) in [5.74, 6) is 1.03. The van der Waals surface area contributed by atoms with E-state index in [2.05, 4.69) is 52.4 Å². The maximum absolute atomic E-state index is 4.46. The van der Waals surface area contributed by atoms with Gasteiger partial charge in [-0.25, -0.2) is 4.98 Å². The van der Waals surface area contributed by atoms with Crippen molar-refractivity contribution in [3.05, 3.63) is 73.3 Å². The van der Waals surface area contributed by atoms with E-state index in [1.54, 1.807) is 0 Å². The van der Waals surface area contributed by atoms with Crippen molar-refractivity contribution in [3.63, 3.8) is 0 Å². The first-order valence-corrected chi connectivity index (χ1v) is 6.01. The summed E-state index contributed by atoms with van der Waals surface area (Å²) in [5, 5.41) is 0. The van der Waals surface area contributed by atoms with Crippen molar-refractivity contribution in [2.75, 3.05) is 0 Å². The number of allylic oxidation sites excluding steroid dienone is 1. The lowest BCUT2D eigenvalue weighted by atomic mass is 10.1. The van der Waals surface area contributed by atoms with Crippen LogP contribution in [0.2, 0.25) is 0 Å². The standard InChI is InChI=1S/C16H14N2/c1-2-7-16-17-12-15-14(10-6-11-18(15)16)13-8-4-3-5-9-13/h2-6,8-12H,1,7H2. The van der Waals surface area contributed by atoms with E-state index >= 15 is 0 Å². The van der Waals surface area contributed by atoms with Gasteiger partial charge >= 0.3 is 0 Å². The highest BCUT2D eigenvalue weighted by Gasteiger charge is 2.07. The number of benzene rings is 1. The lowest BCUT2D eigenvalue weighted by molar-refractivity contribution is 0.984. The molecule has 2 nitrogen and oxygen atoms in total. The average molecular weight is 234 g/mol. The molecule has 0 bridgehead atoms. The van der Waals surface area contributed by atoms with Crippen LogP contribution in [0.1, 0.15) is 5.82 Å². The van der Waals surface area contributed by atoms with Crippen LogP contribution >= 0.6 is 0 Å². The van der Waals surface area contributed by atoms with E-state index in [-0.39, 0.29) is 0 Å². The summed E-state index contributed by atoms with van der Waals surface area (Å²) in [4.78, 5) is 4.46. The van der Waals surface area contributed by atoms with Crippen molar-refractivity contribution >= 4 is 5.52 Å². The first-order chi connectivity index (χ1) is 8.90. The van der Waals surface area contributed by atoms with Gasteiger partial charge in [-0.2, -0.15) is 0 Å². The van der Waals surface area contributed by atoms with Crippen LogP contribution in [0.5, 0.6) is 0 Å². The maximum Gasteiger partial charge on any atom is 0.117 e. The Hall–Kier alpha value is -2.35. The molecule has 0 aliphatic heterocycles. The van der Waals surface area contributed by atoms with Crippen molar-refractivity contribution in [1.82, 2.24) is 9.38 Å². The van der Waals surface area contributed by atoms with Gasteiger partial charge in [0.15, 0.2) is 0 Å². The quantitative estimate of drug-likeness (QED) is 0.631. The molecule has 0 aliphatic rings. The van der Waals surface area contributed by atoms with E-state index in [4.69, 9.17) is 0 Å². The molecule has 0 saturated heterocycles. The second-order valence-electron chi connectivity index (χ2n) is 4.21. The number of imidazole rings is 1. The minimum Gasteiger partial charge on any atom is -0.303 e. The van der Waals surface area contributed by atoms with Gasteiger partial charge in [0.25, 0.3) is 0 Å². The summed E-state index contributed by atoms with van der Waals surface area (Å²) in [6, 6.07) is 14.6. The van der Waals surface area contributed by atoms with Crippen molar-refractivity contribution < 1.29 is 0 Å². The SMILES string of the molecule is C=CCc1ncc2c(-c3ccccc3)cccn12. The predicted molar refractivity (Wildman–Crippen MR) is 74.5 cm³/mol. The summed E-state index contributed by atoms with van der Waals surface area (Å²) in [6.07, 6.45) is 6.64. The number of pyridine rings is 1. The highest BCUT2D eigenvalue weighted by Crippen LogP contribution is 2.24. The van der Waals surface area contributed by atoms with Crippen molar-refractivity contribution in [1.29, 1.82) is 0 Å². The molecule has 0 fully saturated rings. The third-order valence-electron chi connectivity index (χ3n) is 3.06. The molecule has 3 aromatic rings. The molecule has 0 amide bonds. The third-order valence-corrected chi connectivity index (χ3v) is 3.06. The van der Waals surface area contributed by atoms with Crippen molar-refractivity contribution in [2.24, 2.45) is 0 Å². The van der Waals surface area contributed by atoms with Crippen LogP contribution < -0.4 is 0 Å². The molecule has 1 aromatic carbocycles. The number of aromatic nitrogens is 2. The smallest absolute Gasteiger partial charge is 0.117 e. The van der Waals surface area contributed by atoms with E-state index in [0.717, 1.165) is 17.8 Å². The van der Waals surface area contributed by atoms with E-state index in [0.29, 0.717) is 0 Å². The Morgan fingerprint density at radius 1 is 1.11 bits per heavy atom. The van der Waals surface area contributed by atoms with Gasteiger partial charge in [0.1, 0.15) is 5.82 Å². The number of hydrogen-bond acceptors (Lipinski definition) is 1. The Bertz CT molecular complexity index is 681. The van der Waals surface area contributed by atoms with E-state index in [9.17, 15) is 0 Å². The maximum atomic E-state index is 4.46. The highest BCUT2D eigenvalue weighted by molar-refractivity contribution is 5.79. The lowest BCUT2D eigenvalue weighted by Gasteiger charge is -2.05. The van der Waals surface area contributed by atoms with Gasteiger partial charge in [-0.1, -0.05) is 42.5 Å². The second kappa shape index (κ2) is 4.49. The first kappa shape index (κ1) is 10.8. The Kier molecular flexibility index (Phi) is 2.69. The van der Waals surface area contributed by atoms with Gasteiger partial charge in [0.05, 0.1) is 11.7 Å². The third kappa shape index (κ3) is 1.72. The van der Waals surface area contributed by atoms with Crippen LogP contribution in [0.4, 0.5) is 0 Å². The second-order valence-corrected chi connectivity index (χ2v) is 4.21. The molecule has 0 aliphatic carbocycles. The fourth-order valence-electron chi connectivity index (χ4n) is 2.22. The molecular formula is C16H14N2. The zero-order valence-electron chi connectivity index (χ0n) is 10.1. The predicted octanol–water partition coefficient (Wildman–Crippen LogP) is 3.73. The molecule has 0 spiro atoms. The Labute approximate surface area is 106 Å². The number of rotatable bonds is 3. The molecular weight excluding hydrogens is 220 g/mol. The van der Waals surface area contributed by atoms with Gasteiger partial charge in [0.2, 0.25) is 0 Å². The van der Waals surface area contributed by atoms with Crippen LogP contribution in [-0.4, -0.2) is 9.38 Å². The normalized spacial score (nSPS) is 10.7. The number of fused-ring (bicyclic) bond motifs is 1. The zero-order valence-corrected chi connectivity index (χ0v) is 10.1. The lowest BCUT2D eigenvalue weighted by Crippen LogP contribution is -1.93. The van der Waals surface area contributed by atoms with Gasteiger partial charge < -0.3 is 4.40 Å². The first-order valence-electron chi connectivity index (χ1n) is 6.01. The molecule has 2 heterocycles. The molecule has 2 aromatic heterocycles. The zero-order chi connectivity index (χ0) is 12.4. The largest absolute Gasteiger partial charge is 0.303 e. The fourth-order valence-corrected chi connectivity index (χ4v) is 2.22. The van der Waals surface area contributed by atoms with Gasteiger partial charge in [0, 0.05) is 18.2 Å². The van der Waals surface area contributed by atoms with Crippen LogP contribution in [-0.2, 0) is 6.42 Å². The average Bonchev–Trinajstić information content (AvgIpc) is 2.84. The van der Waals surface area contributed by atoms with Crippen LogP contribution in [0.25, 0.3) is 16.6 Å². The van der Waals surface area contributed by atoms with Gasteiger partial charge in [-0.15, -0.1) is 6.58 Å². The fraction of sp³-hybridized carbons (Fsp3) is 0.0625. The van der Waals surface area contributed by atoms with Crippen molar-refractivity contribution in [3.8, 4) is 11.1 Å². The molecule has 0 atom stereocenters.